The molecule has 2 aromatic rings. The van der Waals surface area contributed by atoms with Crippen molar-refractivity contribution in [3.8, 4) is 0 Å². The summed E-state index contributed by atoms with van der Waals surface area (Å²) in [4.78, 5) is 60.4. The first kappa shape index (κ1) is 31.5. The minimum Gasteiger partial charge on any atom is -0.356 e. The van der Waals surface area contributed by atoms with Gasteiger partial charge >= 0.3 is 0 Å². The third-order valence-corrected chi connectivity index (χ3v) is 12.3. The monoisotopic (exact) mass is 631 g/mol. The molecule has 3 N–H and O–H groups in total. The number of carbonyl (C=O) groups is 4. The van der Waals surface area contributed by atoms with Gasteiger partial charge in [-0.25, -0.2) is 18.1 Å². The Kier molecular flexibility index (Phi) is 8.47. The molecular formula is C30H41N5O6S2. The molecule has 234 valence electrons. The summed E-state index contributed by atoms with van der Waals surface area (Å²) in [6, 6.07) is 4.46. The largest absolute Gasteiger partial charge is 0.356 e. The Bertz CT molecular complexity index is 1520. The number of likely N-dealkylation sites (tertiary alicyclic amines) is 1. The number of aromatic nitrogens is 1. The minimum atomic E-state index is -3.76. The van der Waals surface area contributed by atoms with Gasteiger partial charge in [0.2, 0.25) is 33.5 Å². The Labute approximate surface area is 256 Å². The van der Waals surface area contributed by atoms with E-state index in [-0.39, 0.29) is 46.3 Å². The van der Waals surface area contributed by atoms with E-state index in [4.69, 9.17) is 0 Å². The number of sulfonamides is 1. The molecule has 1 aliphatic carbocycles. The maximum Gasteiger partial charge on any atom is 0.243 e. The van der Waals surface area contributed by atoms with Crippen LogP contribution in [0.3, 0.4) is 0 Å². The van der Waals surface area contributed by atoms with E-state index in [0.29, 0.717) is 25.0 Å². The predicted molar refractivity (Wildman–Crippen MR) is 164 cm³/mol. The summed E-state index contributed by atoms with van der Waals surface area (Å²) in [5, 5.41) is 5.24. The molecular weight excluding hydrogens is 590 g/mol. The number of carbonyl (C=O) groups excluding carboxylic acids is 4. The second kappa shape index (κ2) is 11.6. The van der Waals surface area contributed by atoms with E-state index in [1.54, 1.807) is 27.7 Å². The van der Waals surface area contributed by atoms with Gasteiger partial charge in [0.15, 0.2) is 5.01 Å². The molecule has 2 aliphatic heterocycles. The fraction of sp³-hybridized carbons (Fsp3) is 0.633. The van der Waals surface area contributed by atoms with Crippen LogP contribution in [0.2, 0.25) is 0 Å². The second-order valence-electron chi connectivity index (χ2n) is 13.2. The maximum atomic E-state index is 14.1. The zero-order valence-corrected chi connectivity index (χ0v) is 27.1. The lowest BCUT2D eigenvalue weighted by Gasteiger charge is -2.35. The summed E-state index contributed by atoms with van der Waals surface area (Å²) >= 11 is 1.24. The third kappa shape index (κ3) is 5.95. The molecule has 0 radical (unpaired) electrons. The summed E-state index contributed by atoms with van der Waals surface area (Å²) in [5.41, 5.74) is 0.486. The van der Waals surface area contributed by atoms with Crippen LogP contribution in [0.5, 0.6) is 0 Å². The average Bonchev–Trinajstić information content (AvgIpc) is 3.45. The molecule has 43 heavy (non-hydrogen) atoms. The number of benzene rings is 1. The Hall–Kier alpha value is -2.90. The molecule has 1 aromatic heterocycles. The highest BCUT2D eigenvalue weighted by atomic mass is 32.2. The van der Waals surface area contributed by atoms with E-state index < -0.39 is 51.1 Å². The van der Waals surface area contributed by atoms with Crippen molar-refractivity contribution >= 4 is 55.1 Å². The number of thiazole rings is 1. The number of amides is 3. The molecule has 11 nitrogen and oxygen atoms in total. The molecule has 3 fully saturated rings. The highest BCUT2D eigenvalue weighted by Gasteiger charge is 2.69. The molecule has 6 atom stereocenters. The van der Waals surface area contributed by atoms with Crippen LogP contribution in [0, 0.1) is 29.1 Å². The van der Waals surface area contributed by atoms with Gasteiger partial charge in [0.1, 0.15) is 12.1 Å². The number of nitrogens with zero attached hydrogens (tertiary/aromatic N) is 2. The summed E-state index contributed by atoms with van der Waals surface area (Å²) < 4.78 is 28.9. The number of Topliss-reactive ketones (excluding diaryl/α,β-unsaturated/α-hetero) is 1. The van der Waals surface area contributed by atoms with Gasteiger partial charge in [0.05, 0.1) is 21.5 Å². The first-order valence-corrected chi connectivity index (χ1v) is 17.3. The standard InChI is InChI=1S/C30H41N5O6S2/c1-15(2)23(34-43(40,41)16(3)4)29(39)35-14-18-22(30(18,5)6)24(35)27(38)32-20(13-17-11-12-31-26(17)37)25(36)28-33-19-9-7-8-10-21(19)42-28/h7-10,15-18,20,22-24,34H,11-14H2,1-6H3,(H,31,37)(H,32,38)/t17-,18?,20-,22?,23-,24?/m0/s1. The van der Waals surface area contributed by atoms with Crippen molar-refractivity contribution in [1.82, 2.24) is 25.2 Å². The van der Waals surface area contributed by atoms with E-state index in [9.17, 15) is 27.6 Å². The van der Waals surface area contributed by atoms with E-state index in [1.807, 2.05) is 24.3 Å². The van der Waals surface area contributed by atoms with Crippen LogP contribution in [-0.2, 0) is 24.4 Å². The lowest BCUT2D eigenvalue weighted by Crippen LogP contribution is -2.59. The van der Waals surface area contributed by atoms with Gasteiger partial charge in [0, 0.05) is 19.0 Å². The van der Waals surface area contributed by atoms with Crippen LogP contribution < -0.4 is 15.4 Å². The first-order chi connectivity index (χ1) is 20.1. The predicted octanol–water partition coefficient (Wildman–Crippen LogP) is 2.33. The second-order valence-corrected chi connectivity index (χ2v) is 16.5. The van der Waals surface area contributed by atoms with Crippen molar-refractivity contribution in [2.24, 2.45) is 29.1 Å². The fourth-order valence-corrected chi connectivity index (χ4v) is 8.51. The van der Waals surface area contributed by atoms with Gasteiger partial charge in [-0.1, -0.05) is 39.8 Å². The molecule has 3 unspecified atom stereocenters. The first-order valence-electron chi connectivity index (χ1n) is 14.9. The number of rotatable bonds is 11. The van der Waals surface area contributed by atoms with Crippen LogP contribution in [0.25, 0.3) is 10.2 Å². The van der Waals surface area contributed by atoms with Gasteiger partial charge < -0.3 is 15.5 Å². The van der Waals surface area contributed by atoms with E-state index in [1.165, 1.54) is 16.2 Å². The lowest BCUT2D eigenvalue weighted by atomic mass is 9.94. The number of ketones is 1. The van der Waals surface area contributed by atoms with Crippen molar-refractivity contribution in [1.29, 1.82) is 0 Å². The highest BCUT2D eigenvalue weighted by Crippen LogP contribution is 2.65. The number of para-hydroxylation sites is 1. The number of piperidine rings is 1. The molecule has 2 saturated heterocycles. The Morgan fingerprint density at radius 1 is 1.16 bits per heavy atom. The summed E-state index contributed by atoms with van der Waals surface area (Å²) in [5.74, 6) is -2.32. The van der Waals surface area contributed by atoms with Gasteiger partial charge in [-0.15, -0.1) is 11.3 Å². The Morgan fingerprint density at radius 3 is 2.47 bits per heavy atom. The van der Waals surface area contributed by atoms with Gasteiger partial charge in [-0.3, -0.25) is 19.2 Å². The van der Waals surface area contributed by atoms with Crippen LogP contribution in [-0.4, -0.2) is 78.3 Å². The van der Waals surface area contributed by atoms with Crippen molar-refractivity contribution < 1.29 is 27.6 Å². The molecule has 13 heteroatoms. The van der Waals surface area contributed by atoms with E-state index in [0.717, 1.165) is 4.70 Å². The summed E-state index contributed by atoms with van der Waals surface area (Å²) in [7, 11) is -3.76. The molecule has 0 bridgehead atoms. The van der Waals surface area contributed by atoms with Crippen LogP contribution in [0.1, 0.15) is 64.2 Å². The maximum absolute atomic E-state index is 14.1. The van der Waals surface area contributed by atoms with Crippen molar-refractivity contribution in [2.75, 3.05) is 13.1 Å². The zero-order chi connectivity index (χ0) is 31.4. The van der Waals surface area contributed by atoms with Crippen molar-refractivity contribution in [2.45, 2.75) is 77.8 Å². The van der Waals surface area contributed by atoms with E-state index >= 15 is 0 Å². The van der Waals surface area contributed by atoms with Gasteiger partial charge in [0.25, 0.3) is 0 Å². The van der Waals surface area contributed by atoms with Crippen molar-refractivity contribution in [3.63, 3.8) is 0 Å². The number of fused-ring (bicyclic) bond motifs is 2. The minimum absolute atomic E-state index is 0.0701. The lowest BCUT2D eigenvalue weighted by molar-refractivity contribution is -0.142. The average molecular weight is 632 g/mol. The normalized spacial score (nSPS) is 26.0. The van der Waals surface area contributed by atoms with Gasteiger partial charge in [-0.05, 0) is 62.0 Å². The van der Waals surface area contributed by atoms with Crippen LogP contribution in [0.4, 0.5) is 0 Å². The zero-order valence-electron chi connectivity index (χ0n) is 25.4. The molecule has 3 amide bonds. The molecule has 3 aliphatic rings. The van der Waals surface area contributed by atoms with Gasteiger partial charge in [-0.2, -0.15) is 0 Å². The molecule has 5 rings (SSSR count). The SMILES string of the molecule is CC(C)[C@H](NS(=O)(=O)C(C)C)C(=O)N1CC2C(C1C(=O)N[C@@H](C[C@@H]1CCNC1=O)C(=O)c1nc3ccccc3s1)C2(C)C. The highest BCUT2D eigenvalue weighted by molar-refractivity contribution is 7.90. The summed E-state index contributed by atoms with van der Waals surface area (Å²) in [6.07, 6.45) is 0.670. The molecule has 3 heterocycles. The topological polar surface area (TPSA) is 155 Å². The van der Waals surface area contributed by atoms with E-state index in [2.05, 4.69) is 34.2 Å². The Balaban J connectivity index is 1.43. The van der Waals surface area contributed by atoms with Crippen LogP contribution in [0.15, 0.2) is 24.3 Å². The molecule has 1 aromatic carbocycles. The smallest absolute Gasteiger partial charge is 0.243 e. The number of hydrogen-bond acceptors (Lipinski definition) is 8. The fourth-order valence-electron chi connectivity index (χ4n) is 6.55. The quantitative estimate of drug-likeness (QED) is 0.322. The molecule has 0 spiro atoms. The third-order valence-electron chi connectivity index (χ3n) is 9.43. The number of hydrogen-bond donors (Lipinski definition) is 3. The Morgan fingerprint density at radius 2 is 1.86 bits per heavy atom. The number of nitrogens with one attached hydrogen (secondary N) is 3. The summed E-state index contributed by atoms with van der Waals surface area (Å²) in [6.45, 7) is 11.6. The van der Waals surface area contributed by atoms with Crippen LogP contribution >= 0.6 is 11.3 Å². The van der Waals surface area contributed by atoms with Crippen molar-refractivity contribution in [3.05, 3.63) is 29.3 Å². The molecule has 1 saturated carbocycles.